The molecule has 1 aromatic carbocycles. The van der Waals surface area contributed by atoms with E-state index in [0.717, 1.165) is 13.0 Å². The van der Waals surface area contributed by atoms with Crippen LogP contribution in [0, 0.1) is 0 Å². The number of carbonyl (C=O) groups is 1. The first-order valence-corrected chi connectivity index (χ1v) is 6.99. The molecule has 1 saturated heterocycles. The lowest BCUT2D eigenvalue weighted by Gasteiger charge is -2.23. The summed E-state index contributed by atoms with van der Waals surface area (Å²) in [5.74, 6) is 0.910. The van der Waals surface area contributed by atoms with E-state index in [2.05, 4.69) is 10.6 Å². The van der Waals surface area contributed by atoms with Gasteiger partial charge in [-0.15, -0.1) is 0 Å². The average molecular weight is 278 g/mol. The zero-order valence-electron chi connectivity index (χ0n) is 12.1. The maximum Gasteiger partial charge on any atom is 0.255 e. The van der Waals surface area contributed by atoms with E-state index >= 15 is 0 Å². The van der Waals surface area contributed by atoms with Gasteiger partial charge in [0, 0.05) is 12.6 Å². The highest BCUT2D eigenvalue weighted by molar-refractivity contribution is 5.97. The van der Waals surface area contributed by atoms with E-state index < -0.39 is 0 Å². The summed E-state index contributed by atoms with van der Waals surface area (Å²) in [4.78, 5) is 12.3. The summed E-state index contributed by atoms with van der Waals surface area (Å²) in [6.07, 6.45) is 3.54. The molecule has 1 aromatic rings. The number of hydrogen-bond acceptors (Lipinski definition) is 4. The third kappa shape index (κ3) is 3.42. The highest BCUT2D eigenvalue weighted by Crippen LogP contribution is 2.30. The van der Waals surface area contributed by atoms with E-state index in [1.165, 1.54) is 20.0 Å². The van der Waals surface area contributed by atoms with Crippen molar-refractivity contribution in [2.24, 2.45) is 0 Å². The number of ether oxygens (including phenoxy) is 2. The summed E-state index contributed by atoms with van der Waals surface area (Å²) < 4.78 is 10.5. The quantitative estimate of drug-likeness (QED) is 0.858. The number of methoxy groups -OCH3 is 2. The molecule has 5 heteroatoms. The van der Waals surface area contributed by atoms with Crippen LogP contribution in [0.2, 0.25) is 0 Å². The van der Waals surface area contributed by atoms with Crippen LogP contribution in [0.25, 0.3) is 0 Å². The molecular formula is C15H22N2O3. The highest BCUT2D eigenvalue weighted by Gasteiger charge is 2.18. The van der Waals surface area contributed by atoms with Gasteiger partial charge in [-0.05, 0) is 31.5 Å². The molecule has 2 N–H and O–H groups in total. The van der Waals surface area contributed by atoms with Crippen molar-refractivity contribution >= 4 is 5.91 Å². The summed E-state index contributed by atoms with van der Waals surface area (Å²) in [6, 6.07) is 5.67. The maximum atomic E-state index is 12.3. The first-order valence-electron chi connectivity index (χ1n) is 6.99. The second-order valence-electron chi connectivity index (χ2n) is 4.90. The largest absolute Gasteiger partial charge is 0.493 e. The molecule has 0 radical (unpaired) electrons. The van der Waals surface area contributed by atoms with Crippen LogP contribution in [0.15, 0.2) is 18.2 Å². The zero-order chi connectivity index (χ0) is 14.4. The number of nitrogens with one attached hydrogen (secondary N) is 2. The fraction of sp³-hybridized carbons (Fsp3) is 0.533. The number of amides is 1. The number of rotatable bonds is 5. The van der Waals surface area contributed by atoms with Crippen LogP contribution in [-0.4, -0.2) is 39.3 Å². The van der Waals surface area contributed by atoms with Gasteiger partial charge in [-0.1, -0.05) is 12.5 Å². The van der Waals surface area contributed by atoms with Gasteiger partial charge in [0.05, 0.1) is 19.8 Å². The van der Waals surface area contributed by atoms with Crippen molar-refractivity contribution < 1.29 is 14.3 Å². The third-order valence-electron chi connectivity index (χ3n) is 3.57. The van der Waals surface area contributed by atoms with Gasteiger partial charge in [0.25, 0.3) is 5.91 Å². The Morgan fingerprint density at radius 1 is 1.35 bits per heavy atom. The Labute approximate surface area is 119 Å². The minimum Gasteiger partial charge on any atom is -0.493 e. The molecule has 110 valence electrons. The van der Waals surface area contributed by atoms with E-state index in [1.54, 1.807) is 25.3 Å². The second-order valence-corrected chi connectivity index (χ2v) is 4.90. The summed E-state index contributed by atoms with van der Waals surface area (Å²) in [7, 11) is 3.10. The third-order valence-corrected chi connectivity index (χ3v) is 3.57. The number of para-hydroxylation sites is 1. The molecule has 1 amide bonds. The van der Waals surface area contributed by atoms with Crippen LogP contribution in [0.3, 0.4) is 0 Å². The van der Waals surface area contributed by atoms with Crippen molar-refractivity contribution in [2.45, 2.75) is 25.3 Å². The molecule has 1 fully saturated rings. The minimum absolute atomic E-state index is 0.131. The van der Waals surface area contributed by atoms with Gasteiger partial charge in [0.2, 0.25) is 0 Å². The van der Waals surface area contributed by atoms with Crippen molar-refractivity contribution in [1.82, 2.24) is 10.6 Å². The Kier molecular flexibility index (Phi) is 5.24. The van der Waals surface area contributed by atoms with Crippen molar-refractivity contribution in [2.75, 3.05) is 27.3 Å². The van der Waals surface area contributed by atoms with Crippen LogP contribution in [0.4, 0.5) is 0 Å². The molecule has 2 rings (SSSR count). The van der Waals surface area contributed by atoms with Crippen LogP contribution in [-0.2, 0) is 0 Å². The molecule has 0 aromatic heterocycles. The Morgan fingerprint density at radius 2 is 2.20 bits per heavy atom. The van der Waals surface area contributed by atoms with Gasteiger partial charge in [-0.2, -0.15) is 0 Å². The number of piperidine rings is 1. The topological polar surface area (TPSA) is 59.6 Å². The Hall–Kier alpha value is -1.75. The van der Waals surface area contributed by atoms with Gasteiger partial charge in [0.15, 0.2) is 11.5 Å². The number of benzene rings is 1. The van der Waals surface area contributed by atoms with Crippen molar-refractivity contribution in [3.05, 3.63) is 23.8 Å². The van der Waals surface area contributed by atoms with E-state index in [4.69, 9.17) is 9.47 Å². The van der Waals surface area contributed by atoms with Gasteiger partial charge in [-0.25, -0.2) is 0 Å². The fourth-order valence-electron chi connectivity index (χ4n) is 2.48. The van der Waals surface area contributed by atoms with Gasteiger partial charge in [-0.3, -0.25) is 4.79 Å². The molecule has 0 spiro atoms. The molecular weight excluding hydrogens is 256 g/mol. The summed E-state index contributed by atoms with van der Waals surface area (Å²) in [5.41, 5.74) is 0.502. The normalized spacial score (nSPS) is 18.4. The predicted octanol–water partition coefficient (Wildman–Crippen LogP) is 1.58. The average Bonchev–Trinajstić information content (AvgIpc) is 2.52. The maximum absolute atomic E-state index is 12.3. The lowest BCUT2D eigenvalue weighted by Crippen LogP contribution is -2.43. The van der Waals surface area contributed by atoms with Gasteiger partial charge < -0.3 is 20.1 Å². The molecule has 5 nitrogen and oxygen atoms in total. The molecule has 20 heavy (non-hydrogen) atoms. The lowest BCUT2D eigenvalue weighted by molar-refractivity contribution is 0.0944. The molecule has 0 aliphatic carbocycles. The van der Waals surface area contributed by atoms with E-state index in [1.807, 2.05) is 0 Å². The molecule has 1 atom stereocenters. The van der Waals surface area contributed by atoms with E-state index in [-0.39, 0.29) is 5.91 Å². The fourth-order valence-corrected chi connectivity index (χ4v) is 2.48. The predicted molar refractivity (Wildman–Crippen MR) is 77.5 cm³/mol. The Morgan fingerprint density at radius 3 is 2.85 bits per heavy atom. The highest BCUT2D eigenvalue weighted by atomic mass is 16.5. The van der Waals surface area contributed by atoms with Gasteiger partial charge in [0.1, 0.15) is 0 Å². The molecule has 1 heterocycles. The number of hydrogen-bond donors (Lipinski definition) is 2. The minimum atomic E-state index is -0.131. The van der Waals surface area contributed by atoms with Crippen LogP contribution in [0.5, 0.6) is 11.5 Å². The van der Waals surface area contributed by atoms with Gasteiger partial charge >= 0.3 is 0 Å². The Balaban J connectivity index is 2.01. The monoisotopic (exact) mass is 278 g/mol. The van der Waals surface area contributed by atoms with Crippen molar-refractivity contribution in [1.29, 1.82) is 0 Å². The summed E-state index contributed by atoms with van der Waals surface area (Å²) in [5, 5.41) is 6.36. The van der Waals surface area contributed by atoms with E-state index in [0.29, 0.717) is 29.6 Å². The SMILES string of the molecule is COc1cccc(C(=O)NCC2CCCCN2)c1OC. The van der Waals surface area contributed by atoms with E-state index in [9.17, 15) is 4.79 Å². The number of carbonyl (C=O) groups excluding carboxylic acids is 1. The van der Waals surface area contributed by atoms with Crippen molar-refractivity contribution in [3.63, 3.8) is 0 Å². The molecule has 0 saturated carbocycles. The Bertz CT molecular complexity index is 456. The summed E-state index contributed by atoms with van der Waals surface area (Å²) >= 11 is 0. The first kappa shape index (κ1) is 14.7. The van der Waals surface area contributed by atoms with Crippen LogP contribution in [0.1, 0.15) is 29.6 Å². The zero-order valence-corrected chi connectivity index (χ0v) is 12.1. The lowest BCUT2D eigenvalue weighted by atomic mass is 10.0. The standard InChI is InChI=1S/C15H22N2O3/c1-19-13-8-5-7-12(14(13)20-2)15(18)17-10-11-6-3-4-9-16-11/h5,7-8,11,16H,3-4,6,9-10H2,1-2H3,(H,17,18). The van der Waals surface area contributed by atoms with Crippen molar-refractivity contribution in [3.8, 4) is 11.5 Å². The molecule has 0 bridgehead atoms. The smallest absolute Gasteiger partial charge is 0.255 e. The summed E-state index contributed by atoms with van der Waals surface area (Å²) in [6.45, 7) is 1.67. The second kappa shape index (κ2) is 7.14. The first-order chi connectivity index (χ1) is 9.76. The molecule has 1 aliphatic rings. The van der Waals surface area contributed by atoms with Crippen LogP contribution < -0.4 is 20.1 Å². The van der Waals surface area contributed by atoms with Crippen LogP contribution >= 0.6 is 0 Å². The molecule has 1 aliphatic heterocycles. The molecule has 1 unspecified atom stereocenters.